The van der Waals surface area contributed by atoms with Crippen molar-refractivity contribution in [2.24, 2.45) is 0 Å². The fraction of sp³-hybridized carbons (Fsp3) is 0.381. The number of hydrogen-bond donors (Lipinski definition) is 3. The van der Waals surface area contributed by atoms with Crippen molar-refractivity contribution in [2.45, 2.75) is 50.7 Å². The monoisotopic (exact) mass is 404 g/mol. The minimum atomic E-state index is -3.62. The van der Waals surface area contributed by atoms with E-state index in [2.05, 4.69) is 30.8 Å². The second-order valence-corrected chi connectivity index (χ2v) is 9.62. The molecule has 2 rings (SSSR count). The van der Waals surface area contributed by atoms with Gasteiger partial charge in [-0.15, -0.1) is 0 Å². The van der Waals surface area contributed by atoms with E-state index in [0.29, 0.717) is 5.56 Å². The number of aliphatic hydroxyl groups excluding tert-OH is 1. The van der Waals surface area contributed by atoms with Gasteiger partial charge in [0.15, 0.2) is 0 Å². The van der Waals surface area contributed by atoms with E-state index in [1.807, 2.05) is 12.1 Å². The summed E-state index contributed by atoms with van der Waals surface area (Å²) < 4.78 is 27.6. The van der Waals surface area contributed by atoms with Gasteiger partial charge in [-0.25, -0.2) is 13.1 Å². The van der Waals surface area contributed by atoms with Crippen molar-refractivity contribution >= 4 is 15.9 Å². The molecular formula is C21H28N2O4S. The van der Waals surface area contributed by atoms with E-state index in [-0.39, 0.29) is 29.3 Å². The maximum Gasteiger partial charge on any atom is 0.251 e. The summed E-state index contributed by atoms with van der Waals surface area (Å²) in [6.07, 6.45) is -0.616. The lowest BCUT2D eigenvalue weighted by atomic mass is 9.87. The molecule has 7 heteroatoms. The van der Waals surface area contributed by atoms with Crippen LogP contribution in [0.2, 0.25) is 0 Å². The SMILES string of the molecule is CC(O)CNC(=O)c1ccc(CNS(=O)(=O)c2ccc(C(C)(C)C)cc2)cc1. The minimum absolute atomic E-state index is 0.0427. The molecule has 2 aromatic rings. The van der Waals surface area contributed by atoms with E-state index in [1.165, 1.54) is 0 Å². The maximum atomic E-state index is 12.5. The molecule has 1 unspecified atom stereocenters. The normalized spacial score (nSPS) is 13.2. The Morgan fingerprint density at radius 2 is 1.61 bits per heavy atom. The standard InChI is InChI=1S/C21H28N2O4S/c1-15(24)13-22-20(25)17-7-5-16(6-8-17)14-23-28(26,27)19-11-9-18(10-12-19)21(2,3)4/h5-12,15,23-24H,13-14H2,1-4H3,(H,22,25). The Hall–Kier alpha value is -2.22. The molecule has 28 heavy (non-hydrogen) atoms. The largest absolute Gasteiger partial charge is 0.392 e. The molecule has 3 N–H and O–H groups in total. The minimum Gasteiger partial charge on any atom is -0.392 e. The molecule has 0 aliphatic rings. The highest BCUT2D eigenvalue weighted by molar-refractivity contribution is 7.89. The Labute approximate surface area is 167 Å². The molecule has 0 radical (unpaired) electrons. The summed E-state index contributed by atoms with van der Waals surface area (Å²) in [7, 11) is -3.62. The van der Waals surface area contributed by atoms with E-state index >= 15 is 0 Å². The number of sulfonamides is 1. The van der Waals surface area contributed by atoms with Crippen LogP contribution in [0.1, 0.15) is 49.2 Å². The predicted molar refractivity (Wildman–Crippen MR) is 110 cm³/mol. The zero-order valence-electron chi connectivity index (χ0n) is 16.7. The Morgan fingerprint density at radius 1 is 1.04 bits per heavy atom. The smallest absolute Gasteiger partial charge is 0.251 e. The lowest BCUT2D eigenvalue weighted by molar-refractivity contribution is 0.0924. The van der Waals surface area contributed by atoms with Crippen molar-refractivity contribution in [2.75, 3.05) is 6.54 Å². The lowest BCUT2D eigenvalue weighted by Crippen LogP contribution is -2.30. The van der Waals surface area contributed by atoms with Gasteiger partial charge in [-0.05, 0) is 47.7 Å². The molecule has 0 aliphatic heterocycles. The van der Waals surface area contributed by atoms with Crippen LogP contribution < -0.4 is 10.0 Å². The van der Waals surface area contributed by atoms with Gasteiger partial charge in [0.05, 0.1) is 11.0 Å². The van der Waals surface area contributed by atoms with E-state index in [9.17, 15) is 18.3 Å². The number of carbonyl (C=O) groups excluding carboxylic acids is 1. The van der Waals surface area contributed by atoms with Crippen molar-refractivity contribution in [3.05, 3.63) is 65.2 Å². The van der Waals surface area contributed by atoms with Crippen LogP contribution in [0.4, 0.5) is 0 Å². The molecule has 0 spiro atoms. The second kappa shape index (κ2) is 8.86. The quantitative estimate of drug-likeness (QED) is 0.661. The van der Waals surface area contributed by atoms with Crippen LogP contribution in [-0.4, -0.2) is 32.1 Å². The van der Waals surface area contributed by atoms with Gasteiger partial charge in [-0.2, -0.15) is 0 Å². The first-order valence-electron chi connectivity index (χ1n) is 9.14. The number of aliphatic hydroxyl groups is 1. The fourth-order valence-corrected chi connectivity index (χ4v) is 3.53. The van der Waals surface area contributed by atoms with Gasteiger partial charge in [0, 0.05) is 18.7 Å². The molecule has 2 aromatic carbocycles. The van der Waals surface area contributed by atoms with E-state index in [1.54, 1.807) is 43.3 Å². The first kappa shape index (κ1) is 22.1. The molecule has 0 fully saturated rings. The van der Waals surface area contributed by atoms with Crippen LogP contribution in [0.15, 0.2) is 53.4 Å². The van der Waals surface area contributed by atoms with Gasteiger partial charge in [0.25, 0.3) is 5.91 Å². The highest BCUT2D eigenvalue weighted by Gasteiger charge is 2.17. The summed E-state index contributed by atoms with van der Waals surface area (Å²) in [5.41, 5.74) is 2.21. The van der Waals surface area contributed by atoms with Gasteiger partial charge in [0.2, 0.25) is 10.0 Å². The summed E-state index contributed by atoms with van der Waals surface area (Å²) in [6.45, 7) is 8.11. The second-order valence-electron chi connectivity index (χ2n) is 7.85. The molecule has 6 nitrogen and oxygen atoms in total. The summed E-state index contributed by atoms with van der Waals surface area (Å²) in [6, 6.07) is 13.5. The molecule has 0 heterocycles. The van der Waals surface area contributed by atoms with Crippen LogP contribution in [-0.2, 0) is 22.0 Å². The van der Waals surface area contributed by atoms with Crippen molar-refractivity contribution in [1.29, 1.82) is 0 Å². The van der Waals surface area contributed by atoms with Gasteiger partial charge < -0.3 is 10.4 Å². The first-order chi connectivity index (χ1) is 13.0. The Kier molecular flexibility index (Phi) is 6.98. The molecule has 1 amide bonds. The van der Waals surface area contributed by atoms with Crippen LogP contribution in [0, 0.1) is 0 Å². The molecule has 0 aromatic heterocycles. The van der Waals surface area contributed by atoms with Crippen molar-refractivity contribution in [1.82, 2.24) is 10.0 Å². The predicted octanol–water partition coefficient (Wildman–Crippen LogP) is 2.57. The van der Waals surface area contributed by atoms with Crippen LogP contribution in [0.5, 0.6) is 0 Å². The Morgan fingerprint density at radius 3 is 2.11 bits per heavy atom. The van der Waals surface area contributed by atoms with Gasteiger partial charge >= 0.3 is 0 Å². The van der Waals surface area contributed by atoms with Gasteiger partial charge in [0.1, 0.15) is 0 Å². The Balaban J connectivity index is 2.00. The number of rotatable bonds is 7. The molecule has 1 atom stereocenters. The van der Waals surface area contributed by atoms with E-state index < -0.39 is 16.1 Å². The highest BCUT2D eigenvalue weighted by Crippen LogP contribution is 2.23. The molecule has 0 aliphatic carbocycles. The average Bonchev–Trinajstić information content (AvgIpc) is 2.64. The number of hydrogen-bond acceptors (Lipinski definition) is 4. The summed E-state index contributed by atoms with van der Waals surface area (Å²) in [5.74, 6) is -0.285. The number of benzene rings is 2. The number of carbonyl (C=O) groups is 1. The van der Waals surface area contributed by atoms with Crippen LogP contribution in [0.3, 0.4) is 0 Å². The van der Waals surface area contributed by atoms with E-state index in [0.717, 1.165) is 11.1 Å². The highest BCUT2D eigenvalue weighted by atomic mass is 32.2. The first-order valence-corrected chi connectivity index (χ1v) is 10.6. The van der Waals surface area contributed by atoms with Crippen LogP contribution >= 0.6 is 0 Å². The molecule has 0 saturated heterocycles. The zero-order valence-corrected chi connectivity index (χ0v) is 17.5. The fourth-order valence-electron chi connectivity index (χ4n) is 2.51. The number of nitrogens with one attached hydrogen (secondary N) is 2. The van der Waals surface area contributed by atoms with Crippen molar-refractivity contribution in [3.63, 3.8) is 0 Å². The summed E-state index contributed by atoms with van der Waals surface area (Å²) in [5, 5.41) is 11.8. The molecular weight excluding hydrogens is 376 g/mol. The molecule has 152 valence electrons. The topological polar surface area (TPSA) is 95.5 Å². The lowest BCUT2D eigenvalue weighted by Gasteiger charge is -2.19. The number of amides is 1. The molecule has 0 saturated carbocycles. The van der Waals surface area contributed by atoms with Gasteiger partial charge in [-0.3, -0.25) is 4.79 Å². The van der Waals surface area contributed by atoms with Crippen LogP contribution in [0.25, 0.3) is 0 Å². The Bertz CT molecular complexity index is 897. The maximum absolute atomic E-state index is 12.5. The van der Waals surface area contributed by atoms with Crippen molar-refractivity contribution in [3.8, 4) is 0 Å². The van der Waals surface area contributed by atoms with Gasteiger partial charge in [-0.1, -0.05) is 45.0 Å². The molecule has 0 bridgehead atoms. The van der Waals surface area contributed by atoms with E-state index in [4.69, 9.17) is 0 Å². The summed E-state index contributed by atoms with van der Waals surface area (Å²) in [4.78, 5) is 12.1. The van der Waals surface area contributed by atoms with Crippen molar-refractivity contribution < 1.29 is 18.3 Å². The zero-order chi connectivity index (χ0) is 20.9. The summed E-state index contributed by atoms with van der Waals surface area (Å²) >= 11 is 0. The third-order valence-electron chi connectivity index (χ3n) is 4.27. The average molecular weight is 405 g/mol. The third-order valence-corrected chi connectivity index (χ3v) is 5.69. The third kappa shape index (κ3) is 6.15.